The molecule has 3 heterocycles. The highest BCUT2D eigenvalue weighted by atomic mass is 19.1. The summed E-state index contributed by atoms with van der Waals surface area (Å²) in [6, 6.07) is 5.62. The minimum absolute atomic E-state index is 0.00275. The number of hydrogen-bond acceptors (Lipinski definition) is 7. The lowest BCUT2D eigenvalue weighted by atomic mass is 9.92. The molecule has 3 aromatic rings. The average molecular weight is 510 g/mol. The SMILES string of the molecule is NC(=O)c1nn(CC(=O)N2C[C@H](F)C[C@H]2C(=O)N[C@H]2CCCCC2O)c2ccc(-c3ccnnc3)cc12. The highest BCUT2D eigenvalue weighted by molar-refractivity contribution is 6.05. The van der Waals surface area contributed by atoms with E-state index in [1.807, 2.05) is 0 Å². The number of halogens is 1. The number of hydrogen-bond donors (Lipinski definition) is 3. The van der Waals surface area contributed by atoms with E-state index in [2.05, 4.69) is 20.6 Å². The molecule has 4 N–H and O–H groups in total. The molecule has 1 aliphatic carbocycles. The first-order valence-electron chi connectivity index (χ1n) is 12.3. The van der Waals surface area contributed by atoms with Crippen molar-refractivity contribution >= 4 is 28.6 Å². The molecule has 2 aliphatic rings. The van der Waals surface area contributed by atoms with Gasteiger partial charge < -0.3 is 21.1 Å². The largest absolute Gasteiger partial charge is 0.391 e. The number of rotatable bonds is 6. The first-order chi connectivity index (χ1) is 17.8. The Morgan fingerprint density at radius 3 is 2.68 bits per heavy atom. The lowest BCUT2D eigenvalue weighted by Crippen LogP contribution is -2.53. The smallest absolute Gasteiger partial charge is 0.269 e. The van der Waals surface area contributed by atoms with Gasteiger partial charge in [0.25, 0.3) is 5.91 Å². The normalized spacial score (nSPS) is 23.8. The second-order valence-electron chi connectivity index (χ2n) is 9.60. The summed E-state index contributed by atoms with van der Waals surface area (Å²) in [4.78, 5) is 39.6. The van der Waals surface area contributed by atoms with E-state index < -0.39 is 42.1 Å². The topological polar surface area (TPSA) is 156 Å². The number of alkyl halides is 1. The molecule has 37 heavy (non-hydrogen) atoms. The molecule has 1 saturated heterocycles. The zero-order valence-electron chi connectivity index (χ0n) is 20.1. The van der Waals surface area contributed by atoms with E-state index >= 15 is 0 Å². The second-order valence-corrected chi connectivity index (χ2v) is 9.60. The van der Waals surface area contributed by atoms with Gasteiger partial charge in [0.05, 0.1) is 36.6 Å². The minimum atomic E-state index is -1.34. The second kappa shape index (κ2) is 10.2. The van der Waals surface area contributed by atoms with Crippen molar-refractivity contribution in [3.05, 3.63) is 42.4 Å². The van der Waals surface area contributed by atoms with Crippen LogP contribution in [0.5, 0.6) is 0 Å². The van der Waals surface area contributed by atoms with Gasteiger partial charge in [-0.05, 0) is 36.6 Å². The lowest BCUT2D eigenvalue weighted by molar-refractivity contribution is -0.139. The van der Waals surface area contributed by atoms with E-state index in [1.54, 1.807) is 36.7 Å². The van der Waals surface area contributed by atoms with Crippen molar-refractivity contribution in [1.82, 2.24) is 30.2 Å². The van der Waals surface area contributed by atoms with Crippen molar-refractivity contribution < 1.29 is 23.9 Å². The molecule has 5 rings (SSSR count). The number of nitrogens with one attached hydrogen (secondary N) is 1. The Morgan fingerprint density at radius 2 is 1.95 bits per heavy atom. The number of benzene rings is 1. The molecule has 1 aliphatic heterocycles. The van der Waals surface area contributed by atoms with Gasteiger partial charge in [-0.2, -0.15) is 15.3 Å². The molecule has 11 nitrogen and oxygen atoms in total. The van der Waals surface area contributed by atoms with Crippen LogP contribution in [0.3, 0.4) is 0 Å². The minimum Gasteiger partial charge on any atom is -0.391 e. The molecule has 0 bridgehead atoms. The van der Waals surface area contributed by atoms with Gasteiger partial charge >= 0.3 is 0 Å². The van der Waals surface area contributed by atoms with E-state index in [-0.39, 0.29) is 25.2 Å². The summed E-state index contributed by atoms with van der Waals surface area (Å²) in [6.45, 7) is -0.520. The number of carbonyl (C=O) groups is 3. The third-order valence-electron chi connectivity index (χ3n) is 7.12. The van der Waals surface area contributed by atoms with E-state index in [4.69, 9.17) is 5.73 Å². The van der Waals surface area contributed by atoms with Gasteiger partial charge in [0.15, 0.2) is 5.69 Å². The van der Waals surface area contributed by atoms with Gasteiger partial charge in [0.1, 0.15) is 18.8 Å². The molecule has 0 spiro atoms. The summed E-state index contributed by atoms with van der Waals surface area (Å²) in [7, 11) is 0. The Hall–Kier alpha value is -3.93. The predicted molar refractivity (Wildman–Crippen MR) is 131 cm³/mol. The predicted octanol–water partition coefficient (Wildman–Crippen LogP) is 0.951. The Bertz CT molecular complexity index is 1330. The summed E-state index contributed by atoms with van der Waals surface area (Å²) < 4.78 is 15.7. The monoisotopic (exact) mass is 509 g/mol. The van der Waals surface area contributed by atoms with E-state index in [0.717, 1.165) is 24.0 Å². The molecule has 1 unspecified atom stereocenters. The van der Waals surface area contributed by atoms with Crippen LogP contribution < -0.4 is 11.1 Å². The molecule has 12 heteroatoms. The van der Waals surface area contributed by atoms with Gasteiger partial charge in [0.2, 0.25) is 11.8 Å². The quantitative estimate of drug-likeness (QED) is 0.447. The summed E-state index contributed by atoms with van der Waals surface area (Å²) in [5, 5.41) is 25.4. The van der Waals surface area contributed by atoms with Gasteiger partial charge in [0, 0.05) is 17.4 Å². The van der Waals surface area contributed by atoms with E-state index in [1.165, 1.54) is 9.58 Å². The maximum absolute atomic E-state index is 14.4. The van der Waals surface area contributed by atoms with Crippen molar-refractivity contribution in [2.75, 3.05) is 6.54 Å². The molecular weight excluding hydrogens is 481 g/mol. The molecular formula is C25H28FN7O4. The molecule has 194 valence electrons. The van der Waals surface area contributed by atoms with Crippen LogP contribution in [-0.2, 0) is 16.1 Å². The fourth-order valence-corrected chi connectivity index (χ4v) is 5.21. The zero-order valence-corrected chi connectivity index (χ0v) is 20.1. The number of carbonyl (C=O) groups excluding carboxylic acids is 3. The van der Waals surface area contributed by atoms with Gasteiger partial charge in [-0.25, -0.2) is 4.39 Å². The first kappa shape index (κ1) is 24.8. The Labute approximate surface area is 211 Å². The summed E-state index contributed by atoms with van der Waals surface area (Å²) in [6.07, 6.45) is 4.02. The van der Waals surface area contributed by atoms with Crippen LogP contribution in [0.25, 0.3) is 22.0 Å². The van der Waals surface area contributed by atoms with Crippen molar-refractivity contribution in [1.29, 1.82) is 0 Å². The molecule has 1 saturated carbocycles. The van der Waals surface area contributed by atoms with Crippen LogP contribution in [0, 0.1) is 0 Å². The maximum Gasteiger partial charge on any atom is 0.269 e. The number of aromatic nitrogens is 4. The summed E-state index contributed by atoms with van der Waals surface area (Å²) in [5.41, 5.74) is 7.59. The van der Waals surface area contributed by atoms with Crippen LogP contribution >= 0.6 is 0 Å². The fourth-order valence-electron chi connectivity index (χ4n) is 5.21. The van der Waals surface area contributed by atoms with Crippen molar-refractivity contribution in [2.45, 2.75) is 63.0 Å². The summed E-state index contributed by atoms with van der Waals surface area (Å²) in [5.74, 6) is -1.74. The standard InChI is InChI=1S/C25H28FN7O4/c26-16-10-20(25(37)30-18-3-1-2-4-21(18)34)32(12-16)22(35)13-33-19-6-5-14(15-7-8-28-29-11-15)9-17(19)23(31-33)24(27)36/h5-9,11,16,18,20-21,34H,1-4,10,12-13H2,(H2,27,36)(H,30,37)/t16-,18+,20+,21?/m1/s1. The molecule has 3 amide bonds. The average Bonchev–Trinajstić information content (AvgIpc) is 3.46. The Kier molecular flexibility index (Phi) is 6.83. The number of primary amides is 1. The molecule has 1 aromatic carbocycles. The van der Waals surface area contributed by atoms with Crippen LogP contribution in [0.2, 0.25) is 0 Å². The highest BCUT2D eigenvalue weighted by Gasteiger charge is 2.41. The van der Waals surface area contributed by atoms with Crippen molar-refractivity contribution in [3.8, 4) is 11.1 Å². The van der Waals surface area contributed by atoms with Crippen LogP contribution in [0.1, 0.15) is 42.6 Å². The fraction of sp³-hybridized carbons (Fsp3) is 0.440. The third kappa shape index (κ3) is 5.01. The van der Waals surface area contributed by atoms with E-state index in [9.17, 15) is 23.9 Å². The van der Waals surface area contributed by atoms with Crippen LogP contribution in [0.15, 0.2) is 36.7 Å². The number of aliphatic hydroxyl groups excluding tert-OH is 1. The van der Waals surface area contributed by atoms with Crippen molar-refractivity contribution in [2.24, 2.45) is 5.73 Å². The Morgan fingerprint density at radius 1 is 1.14 bits per heavy atom. The third-order valence-corrected chi connectivity index (χ3v) is 7.12. The maximum atomic E-state index is 14.4. The first-order valence-corrected chi connectivity index (χ1v) is 12.3. The summed E-state index contributed by atoms with van der Waals surface area (Å²) >= 11 is 0. The van der Waals surface area contributed by atoms with E-state index in [0.29, 0.717) is 23.7 Å². The number of nitrogens with two attached hydrogens (primary N) is 1. The number of likely N-dealkylation sites (tertiary alicyclic amines) is 1. The molecule has 0 radical (unpaired) electrons. The number of aliphatic hydroxyl groups is 1. The molecule has 2 aromatic heterocycles. The Balaban J connectivity index is 1.38. The molecule has 4 atom stereocenters. The van der Waals surface area contributed by atoms with Crippen molar-refractivity contribution in [3.63, 3.8) is 0 Å². The molecule has 2 fully saturated rings. The lowest BCUT2D eigenvalue weighted by Gasteiger charge is -2.31. The number of nitrogens with zero attached hydrogens (tertiary/aromatic N) is 5. The highest BCUT2D eigenvalue weighted by Crippen LogP contribution is 2.27. The van der Waals surface area contributed by atoms with Crippen LogP contribution in [0.4, 0.5) is 4.39 Å². The number of fused-ring (bicyclic) bond motifs is 1. The van der Waals surface area contributed by atoms with Crippen LogP contribution in [-0.4, -0.2) is 78.6 Å². The zero-order chi connectivity index (χ0) is 26.1. The van der Waals surface area contributed by atoms with Gasteiger partial charge in [-0.15, -0.1) is 0 Å². The van der Waals surface area contributed by atoms with Gasteiger partial charge in [-0.1, -0.05) is 18.9 Å². The van der Waals surface area contributed by atoms with Gasteiger partial charge in [-0.3, -0.25) is 19.1 Å². The number of amides is 3.